The van der Waals surface area contributed by atoms with E-state index in [1.165, 1.54) is 5.56 Å². The van der Waals surface area contributed by atoms with Gasteiger partial charge in [0.2, 0.25) is 5.91 Å². The highest BCUT2D eigenvalue weighted by atomic mass is 127. The maximum atomic E-state index is 12.0. The number of amides is 1. The SMILES string of the molecule is CN(C)C(=O)CNC(=NCc1ccccc1Cl)NC1CCN(Cc2ccccc2)CC1.I. The number of likely N-dealkylation sites (N-methyl/N-ethyl adjacent to an activating group) is 1. The smallest absolute Gasteiger partial charge is 0.241 e. The average Bonchev–Trinajstić information content (AvgIpc) is 2.78. The number of halogens is 2. The summed E-state index contributed by atoms with van der Waals surface area (Å²) in [6, 6.07) is 18.6. The molecule has 0 aromatic heterocycles. The van der Waals surface area contributed by atoms with Crippen LogP contribution in [-0.4, -0.2) is 61.4 Å². The van der Waals surface area contributed by atoms with Crippen LogP contribution in [0.1, 0.15) is 24.0 Å². The van der Waals surface area contributed by atoms with Crippen molar-refractivity contribution in [3.8, 4) is 0 Å². The third-order valence-electron chi connectivity index (χ3n) is 5.45. The first-order valence-corrected chi connectivity index (χ1v) is 11.1. The van der Waals surface area contributed by atoms with Crippen LogP contribution in [0.3, 0.4) is 0 Å². The van der Waals surface area contributed by atoms with E-state index in [1.54, 1.807) is 19.0 Å². The number of likely N-dealkylation sites (tertiary alicyclic amines) is 1. The number of nitrogens with one attached hydrogen (secondary N) is 2. The van der Waals surface area contributed by atoms with Crippen molar-refractivity contribution in [1.29, 1.82) is 0 Å². The number of rotatable bonds is 7. The highest BCUT2D eigenvalue weighted by molar-refractivity contribution is 14.0. The molecule has 0 spiro atoms. The molecule has 2 N–H and O–H groups in total. The minimum atomic E-state index is 0. The van der Waals surface area contributed by atoms with E-state index in [0.717, 1.165) is 38.0 Å². The van der Waals surface area contributed by atoms with Gasteiger partial charge in [-0.15, -0.1) is 24.0 Å². The molecule has 8 heteroatoms. The molecule has 1 amide bonds. The molecule has 1 aliphatic heterocycles. The molecule has 174 valence electrons. The van der Waals surface area contributed by atoms with Crippen LogP contribution in [-0.2, 0) is 17.9 Å². The molecular formula is C24H33ClIN5O. The molecule has 0 saturated carbocycles. The van der Waals surface area contributed by atoms with E-state index in [2.05, 4.69) is 45.9 Å². The normalized spacial score (nSPS) is 15.0. The molecular weight excluding hydrogens is 537 g/mol. The highest BCUT2D eigenvalue weighted by Crippen LogP contribution is 2.16. The molecule has 1 fully saturated rings. The predicted molar refractivity (Wildman–Crippen MR) is 143 cm³/mol. The van der Waals surface area contributed by atoms with Gasteiger partial charge in [-0.05, 0) is 30.0 Å². The first-order chi connectivity index (χ1) is 15.0. The average molecular weight is 570 g/mol. The minimum absolute atomic E-state index is 0. The second-order valence-electron chi connectivity index (χ2n) is 8.08. The number of carbonyl (C=O) groups is 1. The van der Waals surface area contributed by atoms with Crippen LogP contribution in [0, 0.1) is 0 Å². The number of guanidine groups is 1. The Kier molecular flexibility index (Phi) is 11.3. The molecule has 1 heterocycles. The summed E-state index contributed by atoms with van der Waals surface area (Å²) in [7, 11) is 3.50. The maximum absolute atomic E-state index is 12.0. The lowest BCUT2D eigenvalue weighted by Crippen LogP contribution is -2.50. The van der Waals surface area contributed by atoms with Crippen LogP contribution < -0.4 is 10.6 Å². The first kappa shape index (κ1) is 26.4. The van der Waals surface area contributed by atoms with E-state index in [-0.39, 0.29) is 36.4 Å². The van der Waals surface area contributed by atoms with Crippen LogP contribution in [0.5, 0.6) is 0 Å². The minimum Gasteiger partial charge on any atom is -0.354 e. The zero-order valence-electron chi connectivity index (χ0n) is 18.8. The third-order valence-corrected chi connectivity index (χ3v) is 5.82. The van der Waals surface area contributed by atoms with E-state index in [4.69, 9.17) is 16.6 Å². The van der Waals surface area contributed by atoms with Crippen molar-refractivity contribution in [2.24, 2.45) is 4.99 Å². The number of hydrogen-bond acceptors (Lipinski definition) is 3. The van der Waals surface area contributed by atoms with Gasteiger partial charge < -0.3 is 15.5 Å². The summed E-state index contributed by atoms with van der Waals surface area (Å²) in [6.07, 6.45) is 2.06. The van der Waals surface area contributed by atoms with E-state index in [0.29, 0.717) is 23.6 Å². The van der Waals surface area contributed by atoms with Gasteiger partial charge in [0, 0.05) is 44.8 Å². The zero-order chi connectivity index (χ0) is 22.1. The summed E-state index contributed by atoms with van der Waals surface area (Å²) in [6.45, 7) is 3.70. The Labute approximate surface area is 213 Å². The molecule has 2 aromatic rings. The number of carbonyl (C=O) groups excluding carboxylic acids is 1. The lowest BCUT2D eigenvalue weighted by Gasteiger charge is -2.33. The van der Waals surface area contributed by atoms with Gasteiger partial charge in [-0.1, -0.05) is 60.1 Å². The second kappa shape index (κ2) is 13.6. The van der Waals surface area contributed by atoms with Crippen molar-refractivity contribution >= 4 is 47.4 Å². The largest absolute Gasteiger partial charge is 0.354 e. The molecule has 3 rings (SSSR count). The van der Waals surface area contributed by atoms with Crippen LogP contribution >= 0.6 is 35.6 Å². The fourth-order valence-corrected chi connectivity index (χ4v) is 3.73. The quantitative estimate of drug-likeness (QED) is 0.303. The van der Waals surface area contributed by atoms with Gasteiger partial charge in [0.1, 0.15) is 0 Å². The van der Waals surface area contributed by atoms with Crippen molar-refractivity contribution < 1.29 is 4.79 Å². The molecule has 2 aromatic carbocycles. The highest BCUT2D eigenvalue weighted by Gasteiger charge is 2.20. The van der Waals surface area contributed by atoms with E-state index < -0.39 is 0 Å². The Morgan fingerprint density at radius 3 is 2.41 bits per heavy atom. The fourth-order valence-electron chi connectivity index (χ4n) is 3.53. The summed E-state index contributed by atoms with van der Waals surface area (Å²) >= 11 is 6.27. The Hall–Kier alpha value is -1.84. The molecule has 0 radical (unpaired) electrons. The molecule has 0 unspecified atom stereocenters. The molecule has 0 aliphatic carbocycles. The molecule has 1 saturated heterocycles. The van der Waals surface area contributed by atoms with Crippen molar-refractivity contribution in [1.82, 2.24) is 20.4 Å². The van der Waals surface area contributed by atoms with Crippen molar-refractivity contribution in [2.45, 2.75) is 32.0 Å². The van der Waals surface area contributed by atoms with Crippen molar-refractivity contribution in [3.05, 3.63) is 70.7 Å². The number of hydrogen-bond donors (Lipinski definition) is 2. The molecule has 6 nitrogen and oxygen atoms in total. The van der Waals surface area contributed by atoms with Crippen LogP contribution in [0.4, 0.5) is 0 Å². The predicted octanol–water partition coefficient (Wildman–Crippen LogP) is 3.75. The second-order valence-corrected chi connectivity index (χ2v) is 8.49. The van der Waals surface area contributed by atoms with E-state index in [1.807, 2.05) is 24.3 Å². The van der Waals surface area contributed by atoms with E-state index >= 15 is 0 Å². The Morgan fingerprint density at radius 1 is 1.09 bits per heavy atom. The molecule has 0 bridgehead atoms. The van der Waals surface area contributed by atoms with Crippen molar-refractivity contribution in [3.63, 3.8) is 0 Å². The van der Waals surface area contributed by atoms with Gasteiger partial charge in [0.05, 0.1) is 13.1 Å². The third kappa shape index (κ3) is 8.60. The fraction of sp³-hybridized carbons (Fsp3) is 0.417. The Balaban J connectivity index is 0.00000363. The van der Waals surface area contributed by atoms with Crippen molar-refractivity contribution in [2.75, 3.05) is 33.7 Å². The lowest BCUT2D eigenvalue weighted by atomic mass is 10.0. The van der Waals surface area contributed by atoms with Gasteiger partial charge in [0.25, 0.3) is 0 Å². The summed E-state index contributed by atoms with van der Waals surface area (Å²) in [5, 5.41) is 7.40. The summed E-state index contributed by atoms with van der Waals surface area (Å²) in [5.41, 5.74) is 2.31. The first-order valence-electron chi connectivity index (χ1n) is 10.8. The lowest BCUT2D eigenvalue weighted by molar-refractivity contribution is -0.127. The van der Waals surface area contributed by atoms with Gasteiger partial charge >= 0.3 is 0 Å². The van der Waals surface area contributed by atoms with Gasteiger partial charge in [0.15, 0.2) is 5.96 Å². The monoisotopic (exact) mass is 569 g/mol. The molecule has 1 aliphatic rings. The van der Waals surface area contributed by atoms with Gasteiger partial charge in [-0.3, -0.25) is 9.69 Å². The Morgan fingerprint density at radius 2 is 1.75 bits per heavy atom. The number of benzene rings is 2. The number of piperidine rings is 1. The summed E-state index contributed by atoms with van der Waals surface area (Å²) in [4.78, 5) is 20.8. The van der Waals surface area contributed by atoms with Gasteiger partial charge in [-0.25, -0.2) is 4.99 Å². The topological polar surface area (TPSA) is 60.0 Å². The van der Waals surface area contributed by atoms with E-state index in [9.17, 15) is 4.79 Å². The zero-order valence-corrected chi connectivity index (χ0v) is 21.8. The van der Waals surface area contributed by atoms with Crippen LogP contribution in [0.2, 0.25) is 5.02 Å². The maximum Gasteiger partial charge on any atom is 0.241 e. The Bertz CT molecular complexity index is 870. The molecule has 0 atom stereocenters. The van der Waals surface area contributed by atoms with Crippen LogP contribution in [0.25, 0.3) is 0 Å². The summed E-state index contributed by atoms with van der Waals surface area (Å²) in [5.74, 6) is 0.654. The summed E-state index contributed by atoms with van der Waals surface area (Å²) < 4.78 is 0. The van der Waals surface area contributed by atoms with Crippen LogP contribution in [0.15, 0.2) is 59.6 Å². The molecule has 32 heavy (non-hydrogen) atoms. The standard InChI is InChI=1S/C24H32ClN5O.HI/c1-29(2)23(31)17-27-24(26-16-20-10-6-7-11-22(20)25)28-21-12-14-30(15-13-21)18-19-8-4-3-5-9-19;/h3-11,21H,12-18H2,1-2H3,(H2,26,27,28);1H. The number of aliphatic imine (C=N–C) groups is 1. The number of nitrogens with zero attached hydrogens (tertiary/aromatic N) is 3. The van der Waals surface area contributed by atoms with Gasteiger partial charge in [-0.2, -0.15) is 0 Å².